The van der Waals surface area contributed by atoms with E-state index in [-0.39, 0.29) is 24.5 Å². The van der Waals surface area contributed by atoms with Crippen LogP contribution < -0.4 is 11.1 Å². The maximum Gasteiger partial charge on any atom is 0.227 e. The fraction of sp³-hybridized carbons (Fsp3) is 0.750. The summed E-state index contributed by atoms with van der Waals surface area (Å²) in [7, 11) is 0. The number of aliphatic hydroxyl groups is 1. The molecule has 4 N–H and O–H groups in total. The predicted molar refractivity (Wildman–Crippen MR) is 63.8 cm³/mol. The number of rotatable bonds is 5. The second-order valence-corrected chi connectivity index (χ2v) is 4.53. The molecule has 0 spiro atoms. The third-order valence-electron chi connectivity index (χ3n) is 3.50. The molecule has 1 aliphatic carbocycles. The molecule has 4 nitrogen and oxygen atoms in total. The summed E-state index contributed by atoms with van der Waals surface area (Å²) < 4.78 is 0. The van der Waals surface area contributed by atoms with Crippen molar-refractivity contribution < 1.29 is 9.90 Å². The summed E-state index contributed by atoms with van der Waals surface area (Å²) in [5.74, 6) is -0.166. The Hall–Kier alpha value is -0.870. The lowest BCUT2D eigenvalue weighted by atomic mass is 9.92. The van der Waals surface area contributed by atoms with Gasteiger partial charge in [0, 0.05) is 6.04 Å². The average molecular weight is 226 g/mol. The molecule has 1 rings (SSSR count). The van der Waals surface area contributed by atoms with E-state index in [1.165, 1.54) is 0 Å². The summed E-state index contributed by atoms with van der Waals surface area (Å²) in [6, 6.07) is -0.0115. The normalized spacial score (nSPS) is 24.8. The zero-order chi connectivity index (χ0) is 12.2. The second kappa shape index (κ2) is 5.46. The quantitative estimate of drug-likeness (QED) is 0.599. The number of carbonyl (C=O) groups excluding carboxylic acids is 1. The molecular formula is C12H22N2O2. The van der Waals surface area contributed by atoms with Crippen molar-refractivity contribution in [3.8, 4) is 0 Å². The summed E-state index contributed by atoms with van der Waals surface area (Å²) in [5, 5.41) is 12.3. The van der Waals surface area contributed by atoms with Gasteiger partial charge in [0.1, 0.15) is 0 Å². The minimum atomic E-state index is -0.475. The van der Waals surface area contributed by atoms with Gasteiger partial charge in [-0.15, -0.1) is 0 Å². The number of nitrogens with one attached hydrogen (secondary N) is 1. The predicted octanol–water partition coefficient (Wildman–Crippen LogP) is 0.557. The van der Waals surface area contributed by atoms with E-state index in [4.69, 9.17) is 5.73 Å². The lowest BCUT2D eigenvalue weighted by Gasteiger charge is -2.31. The Balaban J connectivity index is 2.59. The van der Waals surface area contributed by atoms with Crippen LogP contribution in [0.5, 0.6) is 0 Å². The van der Waals surface area contributed by atoms with Crippen molar-refractivity contribution in [2.75, 3.05) is 6.61 Å². The molecule has 0 aromatic heterocycles. The van der Waals surface area contributed by atoms with Gasteiger partial charge in [-0.1, -0.05) is 26.0 Å². The van der Waals surface area contributed by atoms with Crippen LogP contribution in [0.3, 0.4) is 0 Å². The zero-order valence-electron chi connectivity index (χ0n) is 10.1. The van der Waals surface area contributed by atoms with Crippen LogP contribution in [0.25, 0.3) is 0 Å². The largest absolute Gasteiger partial charge is 0.394 e. The first-order valence-electron chi connectivity index (χ1n) is 5.93. The fourth-order valence-corrected chi connectivity index (χ4v) is 1.97. The molecule has 1 amide bonds. The van der Waals surface area contributed by atoms with E-state index in [2.05, 4.69) is 5.32 Å². The lowest BCUT2D eigenvalue weighted by molar-refractivity contribution is -0.126. The number of hydrogen-bond donors (Lipinski definition) is 3. The van der Waals surface area contributed by atoms with Crippen molar-refractivity contribution in [3.05, 3.63) is 12.2 Å². The van der Waals surface area contributed by atoms with Crippen LogP contribution in [0.4, 0.5) is 0 Å². The van der Waals surface area contributed by atoms with Crippen LogP contribution >= 0.6 is 0 Å². The van der Waals surface area contributed by atoms with E-state index < -0.39 is 5.54 Å². The Morgan fingerprint density at radius 2 is 2.12 bits per heavy atom. The highest BCUT2D eigenvalue weighted by Gasteiger charge is 2.31. The zero-order valence-corrected chi connectivity index (χ0v) is 10.1. The SMILES string of the molecule is CCC(CC)(CO)NC(=O)C1C=CC(N)C1. The van der Waals surface area contributed by atoms with Crippen LogP contribution in [0.1, 0.15) is 33.1 Å². The Morgan fingerprint density at radius 3 is 2.50 bits per heavy atom. The van der Waals surface area contributed by atoms with Gasteiger partial charge in [0.25, 0.3) is 0 Å². The van der Waals surface area contributed by atoms with Gasteiger partial charge in [-0.3, -0.25) is 4.79 Å². The average Bonchev–Trinajstić information content (AvgIpc) is 2.73. The molecular weight excluding hydrogens is 204 g/mol. The number of nitrogens with two attached hydrogens (primary N) is 1. The first kappa shape index (κ1) is 13.2. The van der Waals surface area contributed by atoms with E-state index in [1.54, 1.807) is 0 Å². The Morgan fingerprint density at radius 1 is 1.50 bits per heavy atom. The topological polar surface area (TPSA) is 75.3 Å². The first-order valence-corrected chi connectivity index (χ1v) is 5.93. The molecule has 0 aliphatic heterocycles. The summed E-state index contributed by atoms with van der Waals surface area (Å²) in [5.41, 5.74) is 5.23. The van der Waals surface area contributed by atoms with Crippen LogP contribution in [0.2, 0.25) is 0 Å². The first-order chi connectivity index (χ1) is 7.56. The molecule has 4 heteroatoms. The van der Waals surface area contributed by atoms with Crippen LogP contribution in [0, 0.1) is 5.92 Å². The molecule has 0 aromatic rings. The van der Waals surface area contributed by atoms with E-state index in [9.17, 15) is 9.90 Å². The number of aliphatic hydroxyl groups excluding tert-OH is 1. The van der Waals surface area contributed by atoms with Crippen molar-refractivity contribution in [3.63, 3.8) is 0 Å². The van der Waals surface area contributed by atoms with Gasteiger partial charge in [-0.05, 0) is 19.3 Å². The van der Waals surface area contributed by atoms with Gasteiger partial charge in [0.15, 0.2) is 0 Å². The van der Waals surface area contributed by atoms with Crippen molar-refractivity contribution in [2.24, 2.45) is 11.7 Å². The second-order valence-electron chi connectivity index (χ2n) is 4.53. The molecule has 92 valence electrons. The van der Waals surface area contributed by atoms with E-state index in [0.717, 1.165) is 12.8 Å². The molecule has 0 heterocycles. The van der Waals surface area contributed by atoms with Gasteiger partial charge in [-0.2, -0.15) is 0 Å². The van der Waals surface area contributed by atoms with Crippen molar-refractivity contribution >= 4 is 5.91 Å². The number of hydrogen-bond acceptors (Lipinski definition) is 3. The summed E-state index contributed by atoms with van der Waals surface area (Å²) in [6.07, 6.45) is 5.85. The number of carbonyl (C=O) groups is 1. The Kier molecular flexibility index (Phi) is 4.50. The van der Waals surface area contributed by atoms with Crippen molar-refractivity contribution in [1.82, 2.24) is 5.32 Å². The minimum Gasteiger partial charge on any atom is -0.394 e. The smallest absolute Gasteiger partial charge is 0.227 e. The molecule has 2 atom stereocenters. The standard InChI is InChI=1S/C12H22N2O2/c1-3-12(4-2,8-15)14-11(16)9-5-6-10(13)7-9/h5-6,9-10,15H,3-4,7-8,13H2,1-2H3,(H,14,16). The van der Waals surface area contributed by atoms with Gasteiger partial charge in [-0.25, -0.2) is 0 Å². The molecule has 0 saturated carbocycles. The van der Waals surface area contributed by atoms with Crippen molar-refractivity contribution in [1.29, 1.82) is 0 Å². The molecule has 0 bridgehead atoms. The molecule has 0 radical (unpaired) electrons. The van der Waals surface area contributed by atoms with E-state index in [1.807, 2.05) is 26.0 Å². The lowest BCUT2D eigenvalue weighted by Crippen LogP contribution is -2.52. The monoisotopic (exact) mass is 226 g/mol. The summed E-state index contributed by atoms with van der Waals surface area (Å²) in [4.78, 5) is 12.0. The molecule has 16 heavy (non-hydrogen) atoms. The summed E-state index contributed by atoms with van der Waals surface area (Å²) in [6.45, 7) is 3.92. The maximum atomic E-state index is 12.0. The van der Waals surface area contributed by atoms with E-state index in [0.29, 0.717) is 6.42 Å². The van der Waals surface area contributed by atoms with Crippen LogP contribution in [0.15, 0.2) is 12.2 Å². The third-order valence-corrected chi connectivity index (χ3v) is 3.50. The molecule has 0 saturated heterocycles. The molecule has 1 aliphatic rings. The molecule has 2 unspecified atom stereocenters. The van der Waals surface area contributed by atoms with Gasteiger partial charge < -0.3 is 16.2 Å². The van der Waals surface area contributed by atoms with Gasteiger partial charge in [0.2, 0.25) is 5.91 Å². The van der Waals surface area contributed by atoms with E-state index >= 15 is 0 Å². The highest BCUT2D eigenvalue weighted by atomic mass is 16.3. The highest BCUT2D eigenvalue weighted by molar-refractivity contribution is 5.81. The van der Waals surface area contributed by atoms with Crippen molar-refractivity contribution in [2.45, 2.75) is 44.7 Å². The summed E-state index contributed by atoms with van der Waals surface area (Å²) >= 11 is 0. The van der Waals surface area contributed by atoms with Gasteiger partial charge >= 0.3 is 0 Å². The van der Waals surface area contributed by atoms with Crippen LogP contribution in [-0.4, -0.2) is 29.2 Å². The Bertz CT molecular complexity index is 264. The fourth-order valence-electron chi connectivity index (χ4n) is 1.97. The molecule has 0 fully saturated rings. The van der Waals surface area contributed by atoms with Crippen LogP contribution in [-0.2, 0) is 4.79 Å². The molecule has 0 aromatic carbocycles. The number of amides is 1. The highest BCUT2D eigenvalue weighted by Crippen LogP contribution is 2.20. The maximum absolute atomic E-state index is 12.0. The third kappa shape index (κ3) is 2.83. The van der Waals surface area contributed by atoms with Gasteiger partial charge in [0.05, 0.1) is 18.1 Å². The Labute approximate surface area is 96.9 Å². The minimum absolute atomic E-state index is 0.0115.